The molecule has 3 heterocycles. The van der Waals surface area contributed by atoms with Gasteiger partial charge >= 0.3 is 0 Å². The summed E-state index contributed by atoms with van der Waals surface area (Å²) in [7, 11) is 1.67. The molecule has 3 aliphatic rings. The lowest BCUT2D eigenvalue weighted by molar-refractivity contribution is -0.132. The molecule has 1 N–H and O–H groups in total. The molecule has 2 aromatic rings. The molecule has 0 bridgehead atoms. The van der Waals surface area contributed by atoms with Crippen molar-refractivity contribution in [2.45, 2.75) is 45.1 Å². The number of fused-ring (bicyclic) bond motifs is 1. The van der Waals surface area contributed by atoms with Crippen LogP contribution in [0, 0.1) is 23.2 Å². The van der Waals surface area contributed by atoms with Gasteiger partial charge in [-0.15, -0.1) is 11.3 Å². The minimum atomic E-state index is -0.0614. The fourth-order valence-electron chi connectivity index (χ4n) is 5.01. The molecule has 1 aliphatic heterocycles. The normalized spacial score (nSPS) is 20.7. The Bertz CT molecular complexity index is 1240. The predicted molar refractivity (Wildman–Crippen MR) is 133 cm³/mol. The van der Waals surface area contributed by atoms with Crippen LogP contribution in [0.1, 0.15) is 47.3 Å². The van der Waals surface area contributed by atoms with Crippen LogP contribution in [0.4, 0.5) is 5.00 Å². The molecule has 0 saturated heterocycles. The van der Waals surface area contributed by atoms with E-state index in [4.69, 9.17) is 4.74 Å². The van der Waals surface area contributed by atoms with Gasteiger partial charge < -0.3 is 15.0 Å². The maximum absolute atomic E-state index is 13.0. The van der Waals surface area contributed by atoms with Crippen LogP contribution in [0.25, 0.3) is 0 Å². The summed E-state index contributed by atoms with van der Waals surface area (Å²) in [4.78, 5) is 32.8. The second-order valence-electron chi connectivity index (χ2n) is 9.25. The van der Waals surface area contributed by atoms with Gasteiger partial charge in [0.2, 0.25) is 11.8 Å². The minimum absolute atomic E-state index is 0.0241. The zero-order valence-electron chi connectivity index (χ0n) is 19.8. The van der Waals surface area contributed by atoms with Crippen molar-refractivity contribution in [2.75, 3.05) is 19.0 Å². The fraction of sp³-hybridized carbons (Fsp3) is 0.407. The van der Waals surface area contributed by atoms with E-state index in [-0.39, 0.29) is 23.7 Å². The lowest BCUT2D eigenvalue weighted by Gasteiger charge is -2.27. The van der Waals surface area contributed by atoms with Crippen LogP contribution in [0.3, 0.4) is 0 Å². The topological polar surface area (TPSA) is 95.3 Å². The number of carbonyl (C=O) groups excluding carboxylic acids is 2. The van der Waals surface area contributed by atoms with Gasteiger partial charge in [0.15, 0.2) is 0 Å². The third kappa shape index (κ3) is 5.01. The summed E-state index contributed by atoms with van der Waals surface area (Å²) in [5, 5.41) is 13.5. The van der Waals surface area contributed by atoms with Gasteiger partial charge in [-0.1, -0.05) is 11.6 Å². The number of methoxy groups -OCH3 is 1. The van der Waals surface area contributed by atoms with Crippen LogP contribution in [0.2, 0.25) is 0 Å². The summed E-state index contributed by atoms with van der Waals surface area (Å²) in [6.45, 7) is 1.08. The van der Waals surface area contributed by atoms with Gasteiger partial charge in [-0.3, -0.25) is 14.6 Å². The zero-order chi connectivity index (χ0) is 24.4. The van der Waals surface area contributed by atoms with E-state index in [9.17, 15) is 14.9 Å². The Hall–Kier alpha value is -3.44. The second kappa shape index (κ2) is 10.0. The second-order valence-corrected chi connectivity index (χ2v) is 10.4. The fourth-order valence-corrected chi connectivity index (χ4v) is 6.22. The predicted octanol–water partition coefficient (Wildman–Crippen LogP) is 4.36. The van der Waals surface area contributed by atoms with Gasteiger partial charge in [0.1, 0.15) is 16.8 Å². The largest absolute Gasteiger partial charge is 0.497 e. The van der Waals surface area contributed by atoms with E-state index < -0.39 is 0 Å². The number of rotatable bonds is 7. The number of pyridine rings is 1. The summed E-state index contributed by atoms with van der Waals surface area (Å²) >= 11 is 1.43. The Morgan fingerprint density at radius 3 is 3.03 bits per heavy atom. The summed E-state index contributed by atoms with van der Waals surface area (Å²) in [6, 6.07) is 6.15. The van der Waals surface area contributed by atoms with E-state index in [1.807, 2.05) is 17.0 Å². The molecular weight excluding hydrogens is 460 g/mol. The molecule has 2 aliphatic carbocycles. The molecule has 2 unspecified atom stereocenters. The molecule has 0 spiro atoms. The van der Waals surface area contributed by atoms with E-state index in [1.54, 1.807) is 19.5 Å². The number of allylic oxidation sites excluding steroid dienone is 3. The average Bonchev–Trinajstić information content (AvgIpc) is 3.63. The molecule has 0 aromatic carbocycles. The summed E-state index contributed by atoms with van der Waals surface area (Å²) < 4.78 is 5.35. The summed E-state index contributed by atoms with van der Waals surface area (Å²) in [6.07, 6.45) is 12.1. The number of aromatic nitrogens is 1. The zero-order valence-corrected chi connectivity index (χ0v) is 20.6. The highest BCUT2D eigenvalue weighted by Gasteiger charge is 2.45. The van der Waals surface area contributed by atoms with Gasteiger partial charge in [0.05, 0.1) is 19.2 Å². The molecule has 35 heavy (non-hydrogen) atoms. The van der Waals surface area contributed by atoms with Crippen molar-refractivity contribution in [3.63, 3.8) is 0 Å². The van der Waals surface area contributed by atoms with Crippen molar-refractivity contribution >= 4 is 28.2 Å². The number of carbonyl (C=O) groups is 2. The van der Waals surface area contributed by atoms with Crippen LogP contribution in [-0.2, 0) is 33.7 Å². The molecule has 1 fully saturated rings. The van der Waals surface area contributed by atoms with Crippen molar-refractivity contribution in [3.8, 4) is 6.07 Å². The molecule has 2 aromatic heterocycles. The first-order valence-corrected chi connectivity index (χ1v) is 12.9. The first-order chi connectivity index (χ1) is 17.1. The summed E-state index contributed by atoms with van der Waals surface area (Å²) in [5.41, 5.74) is 3.85. The van der Waals surface area contributed by atoms with Crippen molar-refractivity contribution in [3.05, 3.63) is 69.6 Å². The van der Waals surface area contributed by atoms with Crippen LogP contribution in [0.5, 0.6) is 0 Å². The quantitative estimate of drug-likeness (QED) is 0.625. The lowest BCUT2D eigenvalue weighted by atomic mass is 9.98. The molecule has 5 rings (SSSR count). The van der Waals surface area contributed by atoms with E-state index in [0.29, 0.717) is 42.9 Å². The number of anilines is 1. The van der Waals surface area contributed by atoms with Crippen molar-refractivity contribution in [2.24, 2.45) is 11.8 Å². The lowest BCUT2D eigenvalue weighted by Crippen LogP contribution is -2.35. The number of hydrogen-bond donors (Lipinski definition) is 1. The van der Waals surface area contributed by atoms with E-state index in [1.165, 1.54) is 16.9 Å². The Labute approximate surface area is 209 Å². The van der Waals surface area contributed by atoms with Crippen molar-refractivity contribution < 1.29 is 14.3 Å². The number of ether oxygens (including phenoxy) is 1. The van der Waals surface area contributed by atoms with Gasteiger partial charge in [-0.25, -0.2) is 0 Å². The highest BCUT2D eigenvalue weighted by Crippen LogP contribution is 2.48. The molecule has 2 atom stereocenters. The average molecular weight is 489 g/mol. The first-order valence-electron chi connectivity index (χ1n) is 12.0. The number of hydrogen-bond acceptors (Lipinski definition) is 6. The molecule has 8 heteroatoms. The van der Waals surface area contributed by atoms with E-state index >= 15 is 0 Å². The third-order valence-electron chi connectivity index (χ3n) is 7.05. The Morgan fingerprint density at radius 1 is 1.37 bits per heavy atom. The van der Waals surface area contributed by atoms with Crippen LogP contribution >= 0.6 is 11.3 Å². The standard InChI is InChI=1S/C27H28N4O3S/c1-34-19-6-2-5-18(12-19)21-13-22(21)26(33)30-27-23(14-28)20-9-11-31(16-24(20)35-27)25(32)8-7-17-4-3-10-29-15-17/h3-4,6,10,12,15,21-22H,2,5,7-9,11,13,16H2,1H3,(H,30,33). The third-order valence-corrected chi connectivity index (χ3v) is 8.19. The van der Waals surface area contributed by atoms with Crippen LogP contribution in [0.15, 0.2) is 48.0 Å². The maximum Gasteiger partial charge on any atom is 0.228 e. The molecular formula is C27H28N4O3S. The molecule has 0 radical (unpaired) electrons. The number of amides is 2. The number of aryl methyl sites for hydroxylation is 1. The van der Waals surface area contributed by atoms with E-state index in [0.717, 1.165) is 41.0 Å². The SMILES string of the molecule is COC1=CCCC(C2CC2C(=O)Nc2sc3c(c2C#N)CCN(C(=O)CCc2cccnc2)C3)=C1. The Morgan fingerprint density at radius 2 is 2.26 bits per heavy atom. The van der Waals surface area contributed by atoms with E-state index in [2.05, 4.69) is 28.5 Å². The smallest absolute Gasteiger partial charge is 0.228 e. The van der Waals surface area contributed by atoms with Crippen LogP contribution < -0.4 is 5.32 Å². The first kappa shape index (κ1) is 23.3. The molecule has 180 valence electrons. The van der Waals surface area contributed by atoms with Gasteiger partial charge in [0.25, 0.3) is 0 Å². The van der Waals surface area contributed by atoms with Gasteiger partial charge in [0, 0.05) is 36.2 Å². The van der Waals surface area contributed by atoms with Gasteiger partial charge in [-0.05, 0) is 67.4 Å². The maximum atomic E-state index is 13.0. The monoisotopic (exact) mass is 488 g/mol. The number of nitrogens with zero attached hydrogens (tertiary/aromatic N) is 3. The van der Waals surface area contributed by atoms with Crippen molar-refractivity contribution in [1.82, 2.24) is 9.88 Å². The highest BCUT2D eigenvalue weighted by molar-refractivity contribution is 7.16. The number of nitriles is 1. The minimum Gasteiger partial charge on any atom is -0.497 e. The molecule has 2 amide bonds. The number of thiophene rings is 1. The molecule has 7 nitrogen and oxygen atoms in total. The van der Waals surface area contributed by atoms with Crippen LogP contribution in [-0.4, -0.2) is 35.4 Å². The van der Waals surface area contributed by atoms with Gasteiger partial charge in [-0.2, -0.15) is 5.26 Å². The Kier molecular flexibility index (Phi) is 6.69. The summed E-state index contributed by atoms with van der Waals surface area (Å²) in [5.74, 6) is 1.14. The van der Waals surface area contributed by atoms with Crippen molar-refractivity contribution in [1.29, 1.82) is 5.26 Å². The highest BCUT2D eigenvalue weighted by atomic mass is 32.1. The number of nitrogens with one attached hydrogen (secondary N) is 1. The Balaban J connectivity index is 1.22. The molecule has 1 saturated carbocycles.